The van der Waals surface area contributed by atoms with E-state index in [4.69, 9.17) is 18.9 Å². The zero-order valence-corrected chi connectivity index (χ0v) is 26.2. The molecule has 0 aliphatic rings. The first-order valence-corrected chi connectivity index (χ1v) is 15.3. The summed E-state index contributed by atoms with van der Waals surface area (Å²) in [7, 11) is 2.34. The number of sulfonamides is 1. The molecule has 0 radical (unpaired) electrons. The van der Waals surface area contributed by atoms with Crippen LogP contribution in [0, 0.1) is 13.8 Å². The van der Waals surface area contributed by atoms with Crippen LogP contribution in [0.25, 0.3) is 0 Å². The van der Waals surface area contributed by atoms with Gasteiger partial charge in [0.15, 0.2) is 11.5 Å². The van der Waals surface area contributed by atoms with Crippen molar-refractivity contribution < 1.29 is 32.2 Å². The molecule has 0 saturated heterocycles. The second-order valence-corrected chi connectivity index (χ2v) is 12.0. The quantitative estimate of drug-likeness (QED) is 0.199. The summed E-state index contributed by atoms with van der Waals surface area (Å²) >= 11 is 0. The highest BCUT2D eigenvalue weighted by Crippen LogP contribution is 2.44. The number of aryl methyl sites for hydroxylation is 2. The highest BCUT2D eigenvalue weighted by Gasteiger charge is 2.26. The van der Waals surface area contributed by atoms with Crippen molar-refractivity contribution in [2.45, 2.75) is 20.5 Å². The van der Waals surface area contributed by atoms with Gasteiger partial charge in [0.2, 0.25) is 15.8 Å². The van der Waals surface area contributed by atoms with E-state index in [0.717, 1.165) is 27.3 Å². The van der Waals surface area contributed by atoms with Gasteiger partial charge in [-0.15, -0.1) is 0 Å². The molecule has 0 aliphatic heterocycles. The Balaban J connectivity index is 1.91. The van der Waals surface area contributed by atoms with Gasteiger partial charge in [0.05, 0.1) is 44.6 Å². The monoisotopic (exact) mass is 604 g/mol. The summed E-state index contributed by atoms with van der Waals surface area (Å²) < 4.78 is 49.2. The molecular formula is C33H36N2O7S. The maximum atomic E-state index is 14.1. The Morgan fingerprint density at radius 3 is 1.98 bits per heavy atom. The number of hydrogen-bond acceptors (Lipinski definition) is 7. The zero-order valence-electron chi connectivity index (χ0n) is 25.4. The number of ether oxygens (including phenoxy) is 4. The van der Waals surface area contributed by atoms with E-state index in [9.17, 15) is 13.2 Å². The third-order valence-corrected chi connectivity index (χ3v) is 8.25. The van der Waals surface area contributed by atoms with Crippen LogP contribution in [0.3, 0.4) is 0 Å². The van der Waals surface area contributed by atoms with Gasteiger partial charge >= 0.3 is 0 Å². The van der Waals surface area contributed by atoms with Crippen LogP contribution in [0.1, 0.15) is 27.0 Å². The summed E-state index contributed by atoms with van der Waals surface area (Å²) in [6.45, 7) is 4.18. The summed E-state index contributed by atoms with van der Waals surface area (Å²) in [4.78, 5) is 15.6. The first-order chi connectivity index (χ1) is 20.5. The van der Waals surface area contributed by atoms with Crippen LogP contribution in [-0.2, 0) is 16.6 Å². The molecule has 4 aromatic rings. The molecule has 0 saturated carbocycles. The Labute approximate surface area is 253 Å². The number of carbonyl (C=O) groups excluding carboxylic acids is 1. The van der Waals surface area contributed by atoms with Gasteiger partial charge < -0.3 is 18.9 Å². The van der Waals surface area contributed by atoms with Crippen LogP contribution in [0.2, 0.25) is 0 Å². The molecule has 1 amide bonds. The van der Waals surface area contributed by atoms with Crippen LogP contribution in [0.4, 0.5) is 17.1 Å². The van der Waals surface area contributed by atoms with E-state index >= 15 is 0 Å². The van der Waals surface area contributed by atoms with E-state index in [1.807, 2.05) is 38.1 Å². The lowest BCUT2D eigenvalue weighted by atomic mass is 10.1. The van der Waals surface area contributed by atoms with Gasteiger partial charge in [-0.3, -0.25) is 14.0 Å². The summed E-state index contributed by atoms with van der Waals surface area (Å²) in [5.41, 5.74) is 4.71. The van der Waals surface area contributed by atoms with Gasteiger partial charge in [-0.25, -0.2) is 8.42 Å². The topological polar surface area (TPSA) is 94.6 Å². The van der Waals surface area contributed by atoms with Crippen molar-refractivity contribution in [2.75, 3.05) is 43.8 Å². The van der Waals surface area contributed by atoms with Gasteiger partial charge in [0, 0.05) is 30.8 Å². The fraction of sp³-hybridized carbons (Fsp3) is 0.242. The fourth-order valence-electron chi connectivity index (χ4n) is 4.60. The molecule has 0 atom stereocenters. The minimum Gasteiger partial charge on any atom is -0.493 e. The summed E-state index contributed by atoms with van der Waals surface area (Å²) in [6.07, 6.45) is 1.12. The standard InChI is InChI=1S/C33H36N2O7S/c1-22-13-14-23(2)25(17-22)21-42-29-18-26(15-16-28(29)34(3)43(7,37)38)35(33(36)24-11-9-8-10-12-24)27-19-30(39-4)32(41-6)31(20-27)40-5/h8-20H,21H2,1-7H3. The summed E-state index contributed by atoms with van der Waals surface area (Å²) in [5, 5.41) is 0. The minimum atomic E-state index is -3.62. The average Bonchev–Trinajstić information content (AvgIpc) is 3.00. The highest BCUT2D eigenvalue weighted by molar-refractivity contribution is 7.92. The molecule has 0 N–H and O–H groups in total. The number of hydrogen-bond donors (Lipinski definition) is 0. The Bertz CT molecular complexity index is 1700. The van der Waals surface area contributed by atoms with Gasteiger partial charge in [-0.2, -0.15) is 0 Å². The Hall–Kier alpha value is -4.70. The average molecular weight is 605 g/mol. The molecular weight excluding hydrogens is 568 g/mol. The first kappa shape index (κ1) is 31.2. The normalized spacial score (nSPS) is 11.0. The maximum absolute atomic E-state index is 14.1. The van der Waals surface area contributed by atoms with Crippen LogP contribution < -0.4 is 28.2 Å². The minimum absolute atomic E-state index is 0.193. The molecule has 0 aliphatic carbocycles. The predicted molar refractivity (Wildman–Crippen MR) is 169 cm³/mol. The number of benzene rings is 4. The second kappa shape index (κ2) is 13.1. The summed E-state index contributed by atoms with van der Waals surface area (Å²) in [5.74, 6) is 1.05. The molecule has 226 valence electrons. The third kappa shape index (κ3) is 6.86. The molecule has 0 heterocycles. The van der Waals surface area contributed by atoms with E-state index < -0.39 is 10.0 Å². The van der Waals surface area contributed by atoms with E-state index in [1.54, 1.807) is 54.6 Å². The van der Waals surface area contributed by atoms with Crippen molar-refractivity contribution in [1.29, 1.82) is 0 Å². The number of methoxy groups -OCH3 is 3. The molecule has 0 unspecified atom stereocenters. The molecule has 4 rings (SSSR count). The lowest BCUT2D eigenvalue weighted by Gasteiger charge is -2.27. The van der Waals surface area contributed by atoms with Crippen LogP contribution in [0.15, 0.2) is 78.9 Å². The molecule has 43 heavy (non-hydrogen) atoms. The van der Waals surface area contributed by atoms with Crippen molar-refractivity contribution in [1.82, 2.24) is 0 Å². The van der Waals surface area contributed by atoms with Crippen molar-refractivity contribution in [3.63, 3.8) is 0 Å². The van der Waals surface area contributed by atoms with Crippen LogP contribution in [0.5, 0.6) is 23.0 Å². The summed E-state index contributed by atoms with van der Waals surface area (Å²) in [6, 6.07) is 23.2. The molecule has 0 spiro atoms. The van der Waals surface area contributed by atoms with Gasteiger partial charge in [0.25, 0.3) is 5.91 Å². The van der Waals surface area contributed by atoms with Crippen LogP contribution in [-0.4, -0.2) is 49.0 Å². The third-order valence-electron chi connectivity index (χ3n) is 7.06. The van der Waals surface area contributed by atoms with Crippen molar-refractivity contribution >= 4 is 33.0 Å². The molecule has 0 aromatic heterocycles. The first-order valence-electron chi connectivity index (χ1n) is 13.4. The van der Waals surface area contributed by atoms with Gasteiger partial charge in [-0.05, 0) is 49.2 Å². The van der Waals surface area contributed by atoms with E-state index in [1.165, 1.54) is 33.3 Å². The van der Waals surface area contributed by atoms with E-state index in [-0.39, 0.29) is 18.3 Å². The SMILES string of the molecule is COc1cc(N(C(=O)c2ccccc2)c2ccc(N(C)S(C)(=O)=O)c(OCc3cc(C)ccc3C)c2)cc(OC)c1OC. The van der Waals surface area contributed by atoms with Crippen LogP contribution >= 0.6 is 0 Å². The number of rotatable bonds is 11. The lowest BCUT2D eigenvalue weighted by Crippen LogP contribution is -2.27. The predicted octanol–water partition coefficient (Wildman–Crippen LogP) is 6.28. The molecule has 9 nitrogen and oxygen atoms in total. The second-order valence-electron chi connectivity index (χ2n) is 9.99. The van der Waals surface area contributed by atoms with Crippen molar-refractivity contribution in [3.8, 4) is 23.0 Å². The molecule has 10 heteroatoms. The number of carbonyl (C=O) groups is 1. The zero-order chi connectivity index (χ0) is 31.3. The van der Waals surface area contributed by atoms with Crippen molar-refractivity contribution in [2.24, 2.45) is 0 Å². The Kier molecular flexibility index (Phi) is 9.50. The number of amides is 1. The Morgan fingerprint density at radius 2 is 1.40 bits per heavy atom. The lowest BCUT2D eigenvalue weighted by molar-refractivity contribution is 0.0999. The van der Waals surface area contributed by atoms with Crippen molar-refractivity contribution in [3.05, 3.63) is 101 Å². The fourth-order valence-corrected chi connectivity index (χ4v) is 5.11. The maximum Gasteiger partial charge on any atom is 0.262 e. The molecule has 0 fully saturated rings. The largest absolute Gasteiger partial charge is 0.493 e. The number of anilines is 3. The Morgan fingerprint density at radius 1 is 0.767 bits per heavy atom. The van der Waals surface area contributed by atoms with E-state index in [2.05, 4.69) is 0 Å². The van der Waals surface area contributed by atoms with Gasteiger partial charge in [0.1, 0.15) is 12.4 Å². The molecule has 0 bridgehead atoms. The van der Waals surface area contributed by atoms with Gasteiger partial charge in [-0.1, -0.05) is 42.0 Å². The highest BCUT2D eigenvalue weighted by atomic mass is 32.2. The number of nitrogens with zero attached hydrogens (tertiary/aromatic N) is 2. The van der Waals surface area contributed by atoms with E-state index in [0.29, 0.717) is 39.9 Å². The molecule has 4 aromatic carbocycles. The smallest absolute Gasteiger partial charge is 0.262 e.